The summed E-state index contributed by atoms with van der Waals surface area (Å²) in [4.78, 5) is 12.8. The number of likely N-dealkylation sites (N-methyl/N-ethyl adjacent to an activating group) is 1. The van der Waals surface area contributed by atoms with E-state index in [2.05, 4.69) is 0 Å². The summed E-state index contributed by atoms with van der Waals surface area (Å²) in [6, 6.07) is 0. The largest absolute Gasteiger partial charge is 0.372 e. The predicted molar refractivity (Wildman–Crippen MR) is 44.4 cm³/mol. The third-order valence-corrected chi connectivity index (χ3v) is 1.55. The first-order valence-electron chi connectivity index (χ1n) is 3.87. The van der Waals surface area contributed by atoms with E-state index in [9.17, 15) is 4.79 Å². The van der Waals surface area contributed by atoms with Gasteiger partial charge in [0.1, 0.15) is 6.10 Å². The zero-order valence-electron chi connectivity index (χ0n) is 7.76. The quantitative estimate of drug-likeness (QED) is 0.609. The summed E-state index contributed by atoms with van der Waals surface area (Å²) < 4.78 is 5.02. The normalized spacial score (nSPS) is 12.7. The van der Waals surface area contributed by atoms with Crippen molar-refractivity contribution in [1.82, 2.24) is 4.90 Å². The predicted octanol–water partition coefficient (Wildman–Crippen LogP) is 0.890. The van der Waals surface area contributed by atoms with Crippen LogP contribution in [0.4, 0.5) is 0 Å². The Hall–Kier alpha value is -0.570. The second kappa shape index (κ2) is 5.13. The number of rotatable bonds is 4. The van der Waals surface area contributed by atoms with Gasteiger partial charge in [0.25, 0.3) is 5.91 Å². The highest BCUT2D eigenvalue weighted by molar-refractivity contribution is 5.80. The molecule has 0 fully saturated rings. The maximum atomic E-state index is 11.3. The van der Waals surface area contributed by atoms with Crippen LogP contribution in [0.15, 0.2) is 0 Å². The average molecular weight is 159 g/mol. The smallest absolute Gasteiger partial charge is 0.251 e. The molecule has 3 nitrogen and oxygen atoms in total. The van der Waals surface area contributed by atoms with Crippen LogP contribution in [0.3, 0.4) is 0 Å². The Morgan fingerprint density at radius 3 is 2.36 bits per heavy atom. The third kappa shape index (κ3) is 3.37. The zero-order chi connectivity index (χ0) is 8.85. The van der Waals surface area contributed by atoms with Gasteiger partial charge in [-0.2, -0.15) is 0 Å². The maximum Gasteiger partial charge on any atom is 0.251 e. The summed E-state index contributed by atoms with van der Waals surface area (Å²) in [5.74, 6) is 0.0503. The van der Waals surface area contributed by atoms with Crippen molar-refractivity contribution < 1.29 is 9.53 Å². The highest BCUT2D eigenvalue weighted by Crippen LogP contribution is 2.02. The van der Waals surface area contributed by atoms with Crippen LogP contribution >= 0.6 is 0 Å². The molecule has 0 aliphatic heterocycles. The first-order valence-corrected chi connectivity index (χ1v) is 3.87. The topological polar surface area (TPSA) is 29.5 Å². The Morgan fingerprint density at radius 2 is 2.09 bits per heavy atom. The molecule has 1 unspecified atom stereocenters. The number of ether oxygens (including phenoxy) is 1. The van der Waals surface area contributed by atoms with Gasteiger partial charge in [-0.15, -0.1) is 0 Å². The second-order valence-corrected chi connectivity index (χ2v) is 2.75. The molecule has 0 saturated heterocycles. The molecule has 0 saturated carbocycles. The summed E-state index contributed by atoms with van der Waals surface area (Å²) in [6.45, 7) is 2.04. The number of hydrogen-bond donors (Lipinski definition) is 0. The first kappa shape index (κ1) is 10.4. The van der Waals surface area contributed by atoms with Gasteiger partial charge in [-0.3, -0.25) is 4.79 Å². The van der Waals surface area contributed by atoms with Crippen molar-refractivity contribution in [2.24, 2.45) is 0 Å². The molecule has 3 heteroatoms. The van der Waals surface area contributed by atoms with Crippen LogP contribution in [0.2, 0.25) is 0 Å². The summed E-state index contributed by atoms with van der Waals surface area (Å²) in [7, 11) is 5.05. The summed E-state index contributed by atoms with van der Waals surface area (Å²) >= 11 is 0. The fraction of sp³-hybridized carbons (Fsp3) is 0.875. The SMILES string of the molecule is CCCC(OC)C(=O)N(C)C. The molecule has 0 rings (SSSR count). The summed E-state index contributed by atoms with van der Waals surface area (Å²) in [5.41, 5.74) is 0. The molecular weight excluding hydrogens is 142 g/mol. The van der Waals surface area contributed by atoms with Gasteiger partial charge in [-0.05, 0) is 6.42 Å². The second-order valence-electron chi connectivity index (χ2n) is 2.75. The summed E-state index contributed by atoms with van der Waals surface area (Å²) in [5, 5.41) is 0. The van der Waals surface area contributed by atoms with E-state index in [-0.39, 0.29) is 12.0 Å². The van der Waals surface area contributed by atoms with Crippen LogP contribution in [-0.4, -0.2) is 38.1 Å². The number of hydrogen-bond acceptors (Lipinski definition) is 2. The molecule has 0 bridgehead atoms. The van der Waals surface area contributed by atoms with E-state index in [1.54, 1.807) is 26.1 Å². The van der Waals surface area contributed by atoms with Gasteiger partial charge in [0.2, 0.25) is 0 Å². The van der Waals surface area contributed by atoms with E-state index in [0.717, 1.165) is 12.8 Å². The Labute approximate surface area is 68.3 Å². The molecule has 0 radical (unpaired) electrons. The van der Waals surface area contributed by atoms with Crippen LogP contribution in [0.1, 0.15) is 19.8 Å². The molecule has 0 aromatic heterocycles. The lowest BCUT2D eigenvalue weighted by molar-refractivity contribution is -0.139. The molecule has 0 heterocycles. The van der Waals surface area contributed by atoms with Crippen molar-refractivity contribution in [3.8, 4) is 0 Å². The van der Waals surface area contributed by atoms with E-state index in [0.29, 0.717) is 0 Å². The van der Waals surface area contributed by atoms with Crippen LogP contribution < -0.4 is 0 Å². The van der Waals surface area contributed by atoms with E-state index in [1.165, 1.54) is 0 Å². The van der Waals surface area contributed by atoms with Crippen molar-refractivity contribution in [2.75, 3.05) is 21.2 Å². The molecule has 1 amide bonds. The average Bonchev–Trinajstić information content (AvgIpc) is 1.98. The maximum absolute atomic E-state index is 11.3. The Bertz CT molecular complexity index is 123. The molecular formula is C8H17NO2. The molecule has 66 valence electrons. The van der Waals surface area contributed by atoms with Gasteiger partial charge < -0.3 is 9.64 Å². The number of amides is 1. The van der Waals surface area contributed by atoms with E-state index < -0.39 is 0 Å². The van der Waals surface area contributed by atoms with Crippen LogP contribution in [-0.2, 0) is 9.53 Å². The molecule has 0 aliphatic rings. The van der Waals surface area contributed by atoms with Crippen LogP contribution in [0.25, 0.3) is 0 Å². The van der Waals surface area contributed by atoms with Gasteiger partial charge >= 0.3 is 0 Å². The Kier molecular flexibility index (Phi) is 4.86. The number of carbonyl (C=O) groups is 1. The van der Waals surface area contributed by atoms with Crippen LogP contribution in [0, 0.1) is 0 Å². The van der Waals surface area contributed by atoms with Crippen LogP contribution in [0.5, 0.6) is 0 Å². The third-order valence-electron chi connectivity index (χ3n) is 1.55. The van der Waals surface area contributed by atoms with Gasteiger partial charge in [0.15, 0.2) is 0 Å². The van der Waals surface area contributed by atoms with E-state index >= 15 is 0 Å². The highest BCUT2D eigenvalue weighted by Gasteiger charge is 2.17. The molecule has 0 aliphatic carbocycles. The van der Waals surface area contributed by atoms with Crippen molar-refractivity contribution in [1.29, 1.82) is 0 Å². The zero-order valence-corrected chi connectivity index (χ0v) is 7.76. The summed E-state index contributed by atoms with van der Waals surface area (Å²) in [6.07, 6.45) is 1.51. The fourth-order valence-corrected chi connectivity index (χ4v) is 0.892. The molecule has 0 aromatic rings. The molecule has 0 aromatic carbocycles. The molecule has 0 N–H and O–H groups in total. The first-order chi connectivity index (χ1) is 5.13. The van der Waals surface area contributed by atoms with Gasteiger partial charge in [-0.25, -0.2) is 0 Å². The number of nitrogens with zero attached hydrogens (tertiary/aromatic N) is 1. The monoisotopic (exact) mass is 159 g/mol. The lowest BCUT2D eigenvalue weighted by atomic mass is 10.2. The minimum atomic E-state index is -0.255. The Balaban J connectivity index is 3.92. The minimum absolute atomic E-state index is 0.0503. The number of carbonyl (C=O) groups excluding carboxylic acids is 1. The molecule has 0 spiro atoms. The van der Waals surface area contributed by atoms with Crippen molar-refractivity contribution in [3.63, 3.8) is 0 Å². The van der Waals surface area contributed by atoms with E-state index in [4.69, 9.17) is 4.74 Å². The van der Waals surface area contributed by atoms with Crippen molar-refractivity contribution in [3.05, 3.63) is 0 Å². The van der Waals surface area contributed by atoms with Gasteiger partial charge in [0.05, 0.1) is 0 Å². The number of methoxy groups -OCH3 is 1. The highest BCUT2D eigenvalue weighted by atomic mass is 16.5. The van der Waals surface area contributed by atoms with Gasteiger partial charge in [-0.1, -0.05) is 13.3 Å². The molecule has 1 atom stereocenters. The van der Waals surface area contributed by atoms with Gasteiger partial charge in [0, 0.05) is 21.2 Å². The van der Waals surface area contributed by atoms with Crippen molar-refractivity contribution in [2.45, 2.75) is 25.9 Å². The minimum Gasteiger partial charge on any atom is -0.372 e. The lowest BCUT2D eigenvalue weighted by Gasteiger charge is -2.18. The Morgan fingerprint density at radius 1 is 1.55 bits per heavy atom. The fourth-order valence-electron chi connectivity index (χ4n) is 0.892. The van der Waals surface area contributed by atoms with Crippen molar-refractivity contribution >= 4 is 5.91 Å². The molecule has 11 heavy (non-hydrogen) atoms. The lowest BCUT2D eigenvalue weighted by Crippen LogP contribution is -2.34. The standard InChI is InChI=1S/C8H17NO2/c1-5-6-7(11-4)8(10)9(2)3/h7H,5-6H2,1-4H3. The van der Waals surface area contributed by atoms with E-state index in [1.807, 2.05) is 6.92 Å².